The Hall–Kier alpha value is -3.35. The van der Waals surface area contributed by atoms with E-state index in [1.807, 2.05) is 49.4 Å². The largest absolute Gasteiger partial charge is 0.486 e. The minimum absolute atomic E-state index is 0.0164. The maximum Gasteiger partial charge on any atom is 0.220 e. The van der Waals surface area contributed by atoms with Crippen molar-refractivity contribution >= 4 is 5.91 Å². The molecule has 0 fully saturated rings. The molecule has 0 saturated heterocycles. The summed E-state index contributed by atoms with van der Waals surface area (Å²) in [5.41, 5.74) is 3.03. The number of hydrogen-bond donors (Lipinski definition) is 1. The summed E-state index contributed by atoms with van der Waals surface area (Å²) in [7, 11) is 0. The first-order chi connectivity index (χ1) is 13.7. The Balaban J connectivity index is 1.31. The quantitative estimate of drug-likeness (QED) is 0.714. The van der Waals surface area contributed by atoms with Gasteiger partial charge < -0.3 is 14.8 Å². The van der Waals surface area contributed by atoms with Gasteiger partial charge in [0.1, 0.15) is 25.9 Å². The number of carbonyl (C=O) groups is 1. The Morgan fingerprint density at radius 1 is 1.14 bits per heavy atom. The third-order valence-electron chi connectivity index (χ3n) is 4.70. The van der Waals surface area contributed by atoms with E-state index in [4.69, 9.17) is 9.47 Å². The summed E-state index contributed by atoms with van der Waals surface area (Å²) in [4.78, 5) is 16.3. The molecule has 4 rings (SSSR count). The van der Waals surface area contributed by atoms with E-state index in [1.54, 1.807) is 11.0 Å². The summed E-state index contributed by atoms with van der Waals surface area (Å²) in [6.07, 6.45) is 4.22. The number of ether oxygens (including phenoxy) is 2. The molecule has 0 bridgehead atoms. The van der Waals surface area contributed by atoms with Crippen molar-refractivity contribution in [3.63, 3.8) is 0 Å². The fourth-order valence-corrected chi connectivity index (χ4v) is 3.16. The zero-order valence-corrected chi connectivity index (χ0v) is 15.7. The first-order valence-electron chi connectivity index (χ1n) is 9.32. The number of nitrogens with zero attached hydrogens (tertiary/aromatic N) is 3. The fraction of sp³-hybridized carbons (Fsp3) is 0.286. The lowest BCUT2D eigenvalue weighted by atomic mass is 10.1. The predicted octanol–water partition coefficient (Wildman–Crippen LogP) is 2.85. The van der Waals surface area contributed by atoms with Crippen molar-refractivity contribution in [2.75, 3.05) is 13.2 Å². The molecule has 0 saturated carbocycles. The number of fused-ring (bicyclic) bond motifs is 1. The summed E-state index contributed by atoms with van der Waals surface area (Å²) in [6, 6.07) is 13.7. The normalized spacial score (nSPS) is 13.8. The van der Waals surface area contributed by atoms with Crippen LogP contribution in [0.15, 0.2) is 55.1 Å². The van der Waals surface area contributed by atoms with E-state index >= 15 is 0 Å². The standard InChI is InChI=1S/C21H22N4O3/c1-15(17-4-6-18(7-5-17)25-14-22-13-23-25)24-21(26)9-3-16-2-8-19-20(12-16)28-11-10-27-19/h2,4-8,12-15H,3,9-11H2,1H3,(H,24,26). The molecule has 1 atom stereocenters. The van der Waals surface area contributed by atoms with E-state index < -0.39 is 0 Å². The zero-order valence-electron chi connectivity index (χ0n) is 15.7. The molecule has 1 aromatic heterocycles. The van der Waals surface area contributed by atoms with Crippen molar-refractivity contribution in [1.82, 2.24) is 20.1 Å². The minimum atomic E-state index is -0.0717. The van der Waals surface area contributed by atoms with Crippen LogP contribution in [0.4, 0.5) is 0 Å². The van der Waals surface area contributed by atoms with Gasteiger partial charge in [-0.2, -0.15) is 5.10 Å². The highest BCUT2D eigenvalue weighted by Gasteiger charge is 2.13. The number of aryl methyl sites for hydroxylation is 1. The molecule has 7 heteroatoms. The van der Waals surface area contributed by atoms with Gasteiger partial charge in [-0.05, 0) is 48.7 Å². The molecule has 144 valence electrons. The third kappa shape index (κ3) is 4.14. The van der Waals surface area contributed by atoms with Crippen LogP contribution in [0.5, 0.6) is 11.5 Å². The molecule has 1 amide bonds. The van der Waals surface area contributed by atoms with Crippen LogP contribution in [0.1, 0.15) is 30.5 Å². The number of aromatic nitrogens is 3. The molecule has 3 aromatic rings. The van der Waals surface area contributed by atoms with Gasteiger partial charge in [-0.25, -0.2) is 9.67 Å². The SMILES string of the molecule is CC(NC(=O)CCc1ccc2c(c1)OCCO2)c1ccc(-n2cncn2)cc1. The Morgan fingerprint density at radius 3 is 2.68 bits per heavy atom. The zero-order chi connectivity index (χ0) is 19.3. The van der Waals surface area contributed by atoms with Crippen molar-refractivity contribution in [3.8, 4) is 17.2 Å². The second-order valence-corrected chi connectivity index (χ2v) is 6.70. The van der Waals surface area contributed by atoms with E-state index in [-0.39, 0.29) is 11.9 Å². The van der Waals surface area contributed by atoms with E-state index in [0.717, 1.165) is 28.3 Å². The van der Waals surface area contributed by atoms with E-state index in [1.165, 1.54) is 6.33 Å². The van der Waals surface area contributed by atoms with Gasteiger partial charge in [0, 0.05) is 6.42 Å². The molecule has 28 heavy (non-hydrogen) atoms. The highest BCUT2D eigenvalue weighted by Crippen LogP contribution is 2.31. The molecule has 1 aliphatic rings. The molecule has 1 aliphatic heterocycles. The van der Waals surface area contributed by atoms with Gasteiger partial charge in [0.2, 0.25) is 5.91 Å². The van der Waals surface area contributed by atoms with Crippen molar-refractivity contribution in [1.29, 1.82) is 0 Å². The van der Waals surface area contributed by atoms with Crippen LogP contribution in [-0.2, 0) is 11.2 Å². The molecule has 0 aliphatic carbocycles. The van der Waals surface area contributed by atoms with Gasteiger partial charge in [-0.3, -0.25) is 4.79 Å². The number of amides is 1. The Morgan fingerprint density at radius 2 is 1.93 bits per heavy atom. The number of nitrogens with one attached hydrogen (secondary N) is 1. The average Bonchev–Trinajstić information content (AvgIpc) is 3.27. The van der Waals surface area contributed by atoms with Crippen molar-refractivity contribution < 1.29 is 14.3 Å². The lowest BCUT2D eigenvalue weighted by molar-refractivity contribution is -0.121. The number of carbonyl (C=O) groups excluding carboxylic acids is 1. The minimum Gasteiger partial charge on any atom is -0.486 e. The molecule has 7 nitrogen and oxygen atoms in total. The average molecular weight is 378 g/mol. The second kappa shape index (κ2) is 8.12. The Bertz CT molecular complexity index is 939. The lowest BCUT2D eigenvalue weighted by Gasteiger charge is -2.19. The topological polar surface area (TPSA) is 78.3 Å². The molecular formula is C21H22N4O3. The molecule has 1 N–H and O–H groups in total. The van der Waals surface area contributed by atoms with Crippen LogP contribution in [0.25, 0.3) is 5.69 Å². The molecule has 2 aromatic carbocycles. The Labute approximate surface area is 163 Å². The first-order valence-corrected chi connectivity index (χ1v) is 9.32. The molecule has 2 heterocycles. The summed E-state index contributed by atoms with van der Waals surface area (Å²) in [5, 5.41) is 7.16. The van der Waals surface area contributed by atoms with Crippen LogP contribution in [0.3, 0.4) is 0 Å². The monoisotopic (exact) mass is 378 g/mol. The highest BCUT2D eigenvalue weighted by molar-refractivity contribution is 5.76. The maximum atomic E-state index is 12.4. The van der Waals surface area contributed by atoms with Gasteiger partial charge in [-0.15, -0.1) is 0 Å². The summed E-state index contributed by atoms with van der Waals surface area (Å²) in [5.74, 6) is 1.54. The van der Waals surface area contributed by atoms with E-state index in [2.05, 4.69) is 15.4 Å². The summed E-state index contributed by atoms with van der Waals surface area (Å²) in [6.45, 7) is 3.11. The van der Waals surface area contributed by atoms with Crippen molar-refractivity contribution in [2.45, 2.75) is 25.8 Å². The van der Waals surface area contributed by atoms with Crippen molar-refractivity contribution in [3.05, 3.63) is 66.2 Å². The first kappa shape index (κ1) is 18.0. The molecule has 0 spiro atoms. The van der Waals surface area contributed by atoms with Crippen LogP contribution in [-0.4, -0.2) is 33.9 Å². The van der Waals surface area contributed by atoms with Crippen molar-refractivity contribution in [2.24, 2.45) is 0 Å². The summed E-state index contributed by atoms with van der Waals surface area (Å²) >= 11 is 0. The molecule has 1 unspecified atom stereocenters. The van der Waals surface area contributed by atoms with Gasteiger partial charge >= 0.3 is 0 Å². The fourth-order valence-electron chi connectivity index (χ4n) is 3.16. The smallest absolute Gasteiger partial charge is 0.220 e. The molecular weight excluding hydrogens is 356 g/mol. The van der Waals surface area contributed by atoms with Crippen LogP contribution in [0.2, 0.25) is 0 Å². The number of benzene rings is 2. The van der Waals surface area contributed by atoms with Crippen LogP contribution in [0, 0.1) is 0 Å². The van der Waals surface area contributed by atoms with E-state index in [0.29, 0.717) is 26.1 Å². The Kier molecular flexibility index (Phi) is 5.23. The van der Waals surface area contributed by atoms with Gasteiger partial charge in [0.05, 0.1) is 11.7 Å². The van der Waals surface area contributed by atoms with Gasteiger partial charge in [0.15, 0.2) is 11.5 Å². The van der Waals surface area contributed by atoms with Crippen LogP contribution >= 0.6 is 0 Å². The summed E-state index contributed by atoms with van der Waals surface area (Å²) < 4.78 is 12.8. The number of rotatable bonds is 6. The number of hydrogen-bond acceptors (Lipinski definition) is 5. The van der Waals surface area contributed by atoms with Crippen LogP contribution < -0.4 is 14.8 Å². The lowest BCUT2D eigenvalue weighted by Crippen LogP contribution is -2.26. The van der Waals surface area contributed by atoms with Gasteiger partial charge in [0.25, 0.3) is 0 Å². The highest BCUT2D eigenvalue weighted by atomic mass is 16.6. The second-order valence-electron chi connectivity index (χ2n) is 6.70. The third-order valence-corrected chi connectivity index (χ3v) is 4.70. The van der Waals surface area contributed by atoms with E-state index in [9.17, 15) is 4.79 Å². The molecule has 0 radical (unpaired) electrons. The maximum absolute atomic E-state index is 12.4. The predicted molar refractivity (Wildman–Crippen MR) is 104 cm³/mol. The van der Waals surface area contributed by atoms with Gasteiger partial charge in [-0.1, -0.05) is 18.2 Å².